The lowest BCUT2D eigenvalue weighted by Crippen LogP contribution is -2.46. The summed E-state index contributed by atoms with van der Waals surface area (Å²) in [5, 5.41) is 19.4. The molecular weight excluding hydrogens is 278 g/mol. The Balaban J connectivity index is 1.87. The Bertz CT molecular complexity index is 580. The zero-order valence-electron chi connectivity index (χ0n) is 13.1. The minimum atomic E-state index is -0.0252. The highest BCUT2D eigenvalue weighted by Gasteiger charge is 2.40. The molecule has 1 saturated carbocycles. The number of nitrogens with zero attached hydrogens (tertiary/aromatic N) is 3. The molecule has 1 aliphatic carbocycles. The van der Waals surface area contributed by atoms with E-state index in [0.29, 0.717) is 11.4 Å². The average molecular weight is 301 g/mol. The second-order valence-corrected chi connectivity index (χ2v) is 6.66. The monoisotopic (exact) mass is 301 g/mol. The van der Waals surface area contributed by atoms with E-state index >= 15 is 0 Å². The van der Waals surface area contributed by atoms with Crippen molar-refractivity contribution in [2.24, 2.45) is 11.3 Å². The fourth-order valence-corrected chi connectivity index (χ4v) is 3.66. The van der Waals surface area contributed by atoms with Crippen molar-refractivity contribution in [2.75, 3.05) is 31.7 Å². The number of methoxy groups -OCH3 is 1. The van der Waals surface area contributed by atoms with Crippen LogP contribution in [0.25, 0.3) is 0 Å². The van der Waals surface area contributed by atoms with Crippen LogP contribution in [0.5, 0.6) is 5.88 Å². The van der Waals surface area contributed by atoms with Crippen molar-refractivity contribution in [1.82, 2.24) is 4.98 Å². The molecule has 1 saturated heterocycles. The average Bonchev–Trinajstić information content (AvgIpc) is 3.37. The van der Waals surface area contributed by atoms with Crippen LogP contribution in [0, 0.1) is 22.7 Å². The molecular formula is C17H23N3O2. The molecule has 2 heterocycles. The molecule has 22 heavy (non-hydrogen) atoms. The zero-order valence-corrected chi connectivity index (χ0v) is 13.1. The number of pyridine rings is 1. The molecule has 0 unspecified atom stereocenters. The fourth-order valence-electron chi connectivity index (χ4n) is 3.66. The van der Waals surface area contributed by atoms with Crippen LogP contribution >= 0.6 is 0 Å². The Kier molecular flexibility index (Phi) is 4.21. The molecule has 0 aromatic carbocycles. The second kappa shape index (κ2) is 6.13. The number of nitriles is 1. The van der Waals surface area contributed by atoms with Gasteiger partial charge in [0.2, 0.25) is 5.88 Å². The molecule has 1 aromatic heterocycles. The summed E-state index contributed by atoms with van der Waals surface area (Å²) in [4.78, 5) is 6.34. The molecule has 2 fully saturated rings. The van der Waals surface area contributed by atoms with Crippen molar-refractivity contribution in [2.45, 2.75) is 32.1 Å². The van der Waals surface area contributed by atoms with Crippen LogP contribution in [-0.4, -0.2) is 36.9 Å². The zero-order chi connectivity index (χ0) is 15.6. The van der Waals surface area contributed by atoms with E-state index in [1.807, 2.05) is 6.07 Å². The minimum absolute atomic E-state index is 0.0252. The molecule has 0 radical (unpaired) electrons. The van der Waals surface area contributed by atoms with Crippen LogP contribution < -0.4 is 9.64 Å². The number of hydrogen-bond acceptors (Lipinski definition) is 5. The lowest BCUT2D eigenvalue weighted by Gasteiger charge is -2.43. The van der Waals surface area contributed by atoms with E-state index in [2.05, 4.69) is 16.0 Å². The maximum absolute atomic E-state index is 9.98. The lowest BCUT2D eigenvalue weighted by molar-refractivity contribution is 0.0903. The SMILES string of the molecule is COc1nccc(N2CCC[C@](CO)(CC3CC3)C2)c1C#N. The summed E-state index contributed by atoms with van der Waals surface area (Å²) < 4.78 is 5.21. The van der Waals surface area contributed by atoms with Crippen molar-refractivity contribution in [3.8, 4) is 11.9 Å². The van der Waals surface area contributed by atoms with Crippen molar-refractivity contribution < 1.29 is 9.84 Å². The van der Waals surface area contributed by atoms with Gasteiger partial charge < -0.3 is 14.7 Å². The molecule has 118 valence electrons. The first-order chi connectivity index (χ1) is 10.7. The Morgan fingerprint density at radius 2 is 2.36 bits per heavy atom. The minimum Gasteiger partial charge on any atom is -0.480 e. The number of rotatable bonds is 5. The topological polar surface area (TPSA) is 69.4 Å². The van der Waals surface area contributed by atoms with Crippen LogP contribution in [0.1, 0.15) is 37.7 Å². The maximum atomic E-state index is 9.98. The van der Waals surface area contributed by atoms with Gasteiger partial charge in [-0.05, 0) is 31.2 Å². The molecule has 0 amide bonds. The Labute approximate surface area is 131 Å². The molecule has 2 aliphatic rings. The van der Waals surface area contributed by atoms with Gasteiger partial charge in [-0.1, -0.05) is 12.8 Å². The summed E-state index contributed by atoms with van der Waals surface area (Å²) >= 11 is 0. The van der Waals surface area contributed by atoms with E-state index < -0.39 is 0 Å². The Morgan fingerprint density at radius 1 is 1.55 bits per heavy atom. The Morgan fingerprint density at radius 3 is 3.00 bits per heavy atom. The first-order valence-electron chi connectivity index (χ1n) is 8.00. The number of anilines is 1. The third-order valence-corrected chi connectivity index (χ3v) is 4.96. The number of aromatic nitrogens is 1. The summed E-state index contributed by atoms with van der Waals surface area (Å²) in [5.74, 6) is 1.16. The summed E-state index contributed by atoms with van der Waals surface area (Å²) in [6, 6.07) is 4.10. The third kappa shape index (κ3) is 2.89. The van der Waals surface area contributed by atoms with Gasteiger partial charge in [-0.2, -0.15) is 5.26 Å². The Hall–Kier alpha value is -1.80. The number of aliphatic hydroxyl groups excluding tert-OH is 1. The molecule has 5 nitrogen and oxygen atoms in total. The number of hydrogen-bond donors (Lipinski definition) is 1. The van der Waals surface area contributed by atoms with Crippen LogP contribution in [0.2, 0.25) is 0 Å². The van der Waals surface area contributed by atoms with Gasteiger partial charge >= 0.3 is 0 Å². The van der Waals surface area contributed by atoms with E-state index in [1.54, 1.807) is 6.20 Å². The quantitative estimate of drug-likeness (QED) is 0.904. The predicted molar refractivity (Wildman–Crippen MR) is 83.8 cm³/mol. The van der Waals surface area contributed by atoms with Crippen molar-refractivity contribution >= 4 is 5.69 Å². The fraction of sp³-hybridized carbons (Fsp3) is 0.647. The van der Waals surface area contributed by atoms with Crippen LogP contribution in [0.4, 0.5) is 5.69 Å². The second-order valence-electron chi connectivity index (χ2n) is 6.66. The van der Waals surface area contributed by atoms with E-state index in [4.69, 9.17) is 4.74 Å². The number of aliphatic hydroxyl groups is 1. The first kappa shape index (κ1) is 15.1. The molecule has 5 heteroatoms. The van der Waals surface area contributed by atoms with E-state index in [9.17, 15) is 10.4 Å². The van der Waals surface area contributed by atoms with Crippen LogP contribution in [-0.2, 0) is 0 Å². The van der Waals surface area contributed by atoms with E-state index in [-0.39, 0.29) is 12.0 Å². The molecule has 1 aromatic rings. The summed E-state index contributed by atoms with van der Waals surface area (Å²) in [7, 11) is 1.54. The molecule has 1 N–H and O–H groups in total. The van der Waals surface area contributed by atoms with Crippen molar-refractivity contribution in [1.29, 1.82) is 5.26 Å². The highest BCUT2D eigenvalue weighted by Crippen LogP contribution is 2.45. The predicted octanol–water partition coefficient (Wildman–Crippen LogP) is 2.34. The molecule has 0 spiro atoms. The highest BCUT2D eigenvalue weighted by atomic mass is 16.5. The lowest BCUT2D eigenvalue weighted by atomic mass is 9.76. The van der Waals surface area contributed by atoms with Gasteiger partial charge in [0.15, 0.2) is 0 Å². The molecule has 3 rings (SSSR count). The number of piperidine rings is 1. The van der Waals surface area contributed by atoms with Crippen LogP contribution in [0.15, 0.2) is 12.3 Å². The smallest absolute Gasteiger partial charge is 0.233 e. The van der Waals surface area contributed by atoms with Gasteiger partial charge in [-0.15, -0.1) is 0 Å². The van der Waals surface area contributed by atoms with Gasteiger partial charge in [0.25, 0.3) is 0 Å². The van der Waals surface area contributed by atoms with E-state index in [0.717, 1.165) is 44.0 Å². The summed E-state index contributed by atoms with van der Waals surface area (Å²) in [5.41, 5.74) is 1.34. The summed E-state index contributed by atoms with van der Waals surface area (Å²) in [6.07, 6.45) is 7.50. The van der Waals surface area contributed by atoms with E-state index in [1.165, 1.54) is 20.0 Å². The maximum Gasteiger partial charge on any atom is 0.233 e. The van der Waals surface area contributed by atoms with Gasteiger partial charge in [0.05, 0.1) is 19.4 Å². The van der Waals surface area contributed by atoms with Gasteiger partial charge in [-0.3, -0.25) is 0 Å². The van der Waals surface area contributed by atoms with Gasteiger partial charge in [-0.25, -0.2) is 4.98 Å². The standard InChI is InChI=1S/C17H23N3O2/c1-22-16-14(10-18)15(5-7-19-16)20-8-2-6-17(11-20,12-21)9-13-3-4-13/h5,7,13,21H,2-4,6,8-9,11-12H2,1H3/t17-/m0/s1. The third-order valence-electron chi connectivity index (χ3n) is 4.96. The highest BCUT2D eigenvalue weighted by molar-refractivity contribution is 5.63. The molecule has 1 atom stereocenters. The molecule has 1 aliphatic heterocycles. The van der Waals surface area contributed by atoms with Gasteiger partial charge in [0, 0.05) is 24.7 Å². The van der Waals surface area contributed by atoms with Crippen molar-refractivity contribution in [3.63, 3.8) is 0 Å². The first-order valence-corrected chi connectivity index (χ1v) is 8.00. The van der Waals surface area contributed by atoms with Crippen LogP contribution in [0.3, 0.4) is 0 Å². The normalized spacial score (nSPS) is 24.9. The van der Waals surface area contributed by atoms with Crippen molar-refractivity contribution in [3.05, 3.63) is 17.8 Å². The summed E-state index contributed by atoms with van der Waals surface area (Å²) in [6.45, 7) is 1.94. The number of ether oxygens (including phenoxy) is 1. The molecule has 0 bridgehead atoms. The van der Waals surface area contributed by atoms with Gasteiger partial charge in [0.1, 0.15) is 11.6 Å². The largest absolute Gasteiger partial charge is 0.480 e.